The van der Waals surface area contributed by atoms with Crippen LogP contribution in [0.1, 0.15) is 18.4 Å². The van der Waals surface area contributed by atoms with E-state index in [1.807, 2.05) is 12.1 Å². The van der Waals surface area contributed by atoms with E-state index in [-0.39, 0.29) is 16.8 Å². The van der Waals surface area contributed by atoms with Crippen LogP contribution in [0, 0.1) is 5.82 Å². The summed E-state index contributed by atoms with van der Waals surface area (Å²) >= 11 is 0. The summed E-state index contributed by atoms with van der Waals surface area (Å²) in [6.07, 6.45) is 4.86. The Morgan fingerprint density at radius 2 is 1.52 bits per heavy atom. The van der Waals surface area contributed by atoms with Crippen molar-refractivity contribution in [2.24, 2.45) is 0 Å². The third kappa shape index (κ3) is 6.38. The van der Waals surface area contributed by atoms with Gasteiger partial charge in [-0.15, -0.1) is 0 Å². The van der Waals surface area contributed by atoms with E-state index in [9.17, 15) is 12.8 Å². The molecule has 5 aromatic rings. The molecule has 9 nitrogen and oxygen atoms in total. The quantitative estimate of drug-likeness (QED) is 0.206. The molecule has 0 unspecified atom stereocenters. The first-order valence-corrected chi connectivity index (χ1v) is 15.2. The molecule has 0 aliphatic carbocycles. The Morgan fingerprint density at radius 3 is 2.31 bits per heavy atom. The van der Waals surface area contributed by atoms with E-state index < -0.39 is 10.0 Å². The molecule has 0 amide bonds. The number of fused-ring (bicyclic) bond motifs is 1. The number of aromatic nitrogens is 3. The van der Waals surface area contributed by atoms with Gasteiger partial charge in [-0.2, -0.15) is 9.29 Å². The monoisotopic (exact) mass is 583 g/mol. The SMILES string of the molecule is O=S(=O)(c1ccc(Nc2nccc(Nc3ccc(F)cc3)n2)cc1)N1CCC(NCc2cccc3cccnc23)CC1. The molecular formula is C31H30FN7O2S. The van der Waals surface area contributed by atoms with E-state index in [0.29, 0.717) is 42.8 Å². The van der Waals surface area contributed by atoms with Crippen LogP contribution >= 0.6 is 0 Å². The third-order valence-corrected chi connectivity index (χ3v) is 9.18. The molecule has 11 heteroatoms. The topological polar surface area (TPSA) is 112 Å². The number of benzene rings is 3. The van der Waals surface area contributed by atoms with E-state index in [2.05, 4.69) is 49.1 Å². The predicted molar refractivity (Wildman–Crippen MR) is 162 cm³/mol. The van der Waals surface area contributed by atoms with Crippen LogP contribution in [0.4, 0.5) is 27.5 Å². The number of hydrogen-bond donors (Lipinski definition) is 3. The molecule has 0 saturated carbocycles. The lowest BCUT2D eigenvalue weighted by molar-refractivity contribution is 0.289. The first-order valence-electron chi connectivity index (χ1n) is 13.7. The van der Waals surface area contributed by atoms with Gasteiger partial charge in [0.05, 0.1) is 10.4 Å². The van der Waals surface area contributed by atoms with Crippen molar-refractivity contribution in [3.8, 4) is 0 Å². The number of halogens is 1. The first kappa shape index (κ1) is 27.7. The van der Waals surface area contributed by atoms with Crippen molar-refractivity contribution in [3.63, 3.8) is 0 Å². The van der Waals surface area contributed by atoms with Crippen LogP contribution in [0.3, 0.4) is 0 Å². The molecule has 1 fully saturated rings. The van der Waals surface area contributed by atoms with Crippen molar-refractivity contribution in [2.75, 3.05) is 23.7 Å². The van der Waals surface area contributed by atoms with Gasteiger partial charge in [0.2, 0.25) is 16.0 Å². The Balaban J connectivity index is 1.03. The molecule has 0 bridgehead atoms. The molecule has 0 atom stereocenters. The number of anilines is 4. The molecule has 0 spiro atoms. The summed E-state index contributed by atoms with van der Waals surface area (Å²) in [7, 11) is -3.62. The van der Waals surface area contributed by atoms with Gasteiger partial charge < -0.3 is 16.0 Å². The van der Waals surface area contributed by atoms with Gasteiger partial charge in [0.1, 0.15) is 11.6 Å². The van der Waals surface area contributed by atoms with Gasteiger partial charge in [-0.1, -0.05) is 24.3 Å². The fourth-order valence-corrected chi connectivity index (χ4v) is 6.49. The predicted octanol–water partition coefficient (Wildman–Crippen LogP) is 5.59. The van der Waals surface area contributed by atoms with Crippen LogP contribution < -0.4 is 16.0 Å². The van der Waals surface area contributed by atoms with Gasteiger partial charge in [-0.25, -0.2) is 17.8 Å². The normalized spacial score (nSPS) is 14.6. The second kappa shape index (κ2) is 12.2. The summed E-state index contributed by atoms with van der Waals surface area (Å²) in [6.45, 7) is 1.60. The molecule has 1 saturated heterocycles. The van der Waals surface area contributed by atoms with Gasteiger partial charge in [0, 0.05) is 54.8 Å². The molecule has 3 aromatic carbocycles. The van der Waals surface area contributed by atoms with Gasteiger partial charge in [0.15, 0.2) is 0 Å². The fourth-order valence-electron chi connectivity index (χ4n) is 5.02. The maximum Gasteiger partial charge on any atom is 0.243 e. The largest absolute Gasteiger partial charge is 0.340 e. The molecule has 0 radical (unpaired) electrons. The van der Waals surface area contributed by atoms with Crippen molar-refractivity contribution in [2.45, 2.75) is 30.3 Å². The number of pyridine rings is 1. The van der Waals surface area contributed by atoms with Crippen LogP contribution in [0.2, 0.25) is 0 Å². The second-order valence-electron chi connectivity index (χ2n) is 10.1. The Kier molecular flexibility index (Phi) is 8.04. The lowest BCUT2D eigenvalue weighted by Gasteiger charge is -2.31. The molecule has 6 rings (SSSR count). The maximum absolute atomic E-state index is 13.3. The molecule has 2 aromatic heterocycles. The number of para-hydroxylation sites is 1. The lowest BCUT2D eigenvalue weighted by atomic mass is 10.1. The number of nitrogens with zero attached hydrogens (tertiary/aromatic N) is 4. The number of nitrogens with one attached hydrogen (secondary N) is 3. The Morgan fingerprint density at radius 1 is 0.810 bits per heavy atom. The van der Waals surface area contributed by atoms with Crippen molar-refractivity contribution in [1.29, 1.82) is 0 Å². The zero-order valence-corrected chi connectivity index (χ0v) is 23.6. The van der Waals surface area contributed by atoms with Crippen LogP contribution in [-0.2, 0) is 16.6 Å². The van der Waals surface area contributed by atoms with E-state index in [0.717, 1.165) is 29.3 Å². The molecule has 3 heterocycles. The molecular weight excluding hydrogens is 553 g/mol. The van der Waals surface area contributed by atoms with Gasteiger partial charge in [0.25, 0.3) is 0 Å². The summed E-state index contributed by atoms with van der Waals surface area (Å²) in [5.74, 6) is 0.555. The fraction of sp³-hybridized carbons (Fsp3) is 0.194. The highest BCUT2D eigenvalue weighted by Gasteiger charge is 2.29. The summed E-state index contributed by atoms with van der Waals surface area (Å²) < 4.78 is 41.4. The van der Waals surface area contributed by atoms with Crippen molar-refractivity contribution >= 4 is 44.1 Å². The summed E-state index contributed by atoms with van der Waals surface area (Å²) in [5.41, 5.74) is 3.47. The van der Waals surface area contributed by atoms with Crippen molar-refractivity contribution < 1.29 is 12.8 Å². The third-order valence-electron chi connectivity index (χ3n) is 7.27. The highest BCUT2D eigenvalue weighted by atomic mass is 32.2. The summed E-state index contributed by atoms with van der Waals surface area (Å²) in [5, 5.41) is 10.9. The molecule has 1 aliphatic heterocycles. The van der Waals surface area contributed by atoms with Gasteiger partial charge >= 0.3 is 0 Å². The van der Waals surface area contributed by atoms with Crippen molar-refractivity contribution in [3.05, 3.63) is 109 Å². The smallest absolute Gasteiger partial charge is 0.243 e. The number of rotatable bonds is 9. The zero-order valence-electron chi connectivity index (χ0n) is 22.7. The summed E-state index contributed by atoms with van der Waals surface area (Å²) in [6, 6.07) is 24.6. The van der Waals surface area contributed by atoms with E-state index >= 15 is 0 Å². The van der Waals surface area contributed by atoms with E-state index in [1.165, 1.54) is 12.1 Å². The Hall–Kier alpha value is -4.45. The highest BCUT2D eigenvalue weighted by Crippen LogP contribution is 2.24. The standard InChI is InChI=1S/C31H30FN7O2S/c32-24-6-8-26(9-7-24)36-29-14-18-34-31(38-29)37-27-10-12-28(13-11-27)42(40,41)39-19-15-25(16-20-39)35-21-23-4-1-3-22-5-2-17-33-30(22)23/h1-14,17-18,25,35H,15-16,19-21H2,(H2,34,36,37,38). The minimum Gasteiger partial charge on any atom is -0.340 e. The van der Waals surface area contributed by atoms with E-state index in [4.69, 9.17) is 0 Å². The van der Waals surface area contributed by atoms with Crippen LogP contribution in [0.5, 0.6) is 0 Å². The van der Waals surface area contributed by atoms with Gasteiger partial charge in [-0.3, -0.25) is 4.98 Å². The second-order valence-corrected chi connectivity index (χ2v) is 12.0. The minimum absolute atomic E-state index is 0.232. The average molecular weight is 584 g/mol. The van der Waals surface area contributed by atoms with Gasteiger partial charge in [-0.05, 0) is 79.1 Å². The number of piperidine rings is 1. The first-order chi connectivity index (χ1) is 20.4. The van der Waals surface area contributed by atoms with Crippen LogP contribution in [-0.4, -0.2) is 46.8 Å². The Bertz CT molecular complexity index is 1770. The average Bonchev–Trinajstić information content (AvgIpc) is 3.02. The summed E-state index contributed by atoms with van der Waals surface area (Å²) in [4.78, 5) is 13.4. The van der Waals surface area contributed by atoms with Crippen LogP contribution in [0.15, 0.2) is 102 Å². The van der Waals surface area contributed by atoms with Crippen molar-refractivity contribution in [1.82, 2.24) is 24.6 Å². The lowest BCUT2D eigenvalue weighted by Crippen LogP contribution is -2.44. The molecule has 214 valence electrons. The molecule has 1 aliphatic rings. The Labute approximate surface area is 243 Å². The maximum atomic E-state index is 13.3. The highest BCUT2D eigenvalue weighted by molar-refractivity contribution is 7.89. The zero-order chi connectivity index (χ0) is 28.9. The number of sulfonamides is 1. The molecule has 42 heavy (non-hydrogen) atoms. The van der Waals surface area contributed by atoms with Crippen LogP contribution in [0.25, 0.3) is 10.9 Å². The minimum atomic E-state index is -3.62. The number of hydrogen-bond acceptors (Lipinski definition) is 8. The molecule has 3 N–H and O–H groups in total. The van der Waals surface area contributed by atoms with E-state index in [1.54, 1.807) is 59.2 Å².